The van der Waals surface area contributed by atoms with Gasteiger partial charge in [0.15, 0.2) is 0 Å². The van der Waals surface area contributed by atoms with Gasteiger partial charge in [-0.05, 0) is 17.2 Å². The summed E-state index contributed by atoms with van der Waals surface area (Å²) >= 11 is 0. The van der Waals surface area contributed by atoms with E-state index in [1.165, 1.54) is 0 Å². The molecule has 1 aliphatic rings. The number of carbonyl (C=O) groups is 1. The van der Waals surface area contributed by atoms with Crippen molar-refractivity contribution >= 4 is 11.7 Å². The van der Waals surface area contributed by atoms with Crippen molar-refractivity contribution in [1.29, 1.82) is 0 Å². The van der Waals surface area contributed by atoms with Crippen LogP contribution in [0.5, 0.6) is 0 Å². The monoisotopic (exact) mass is 378 g/mol. The van der Waals surface area contributed by atoms with Gasteiger partial charge in [-0.15, -0.1) is 0 Å². The average Bonchev–Trinajstić information content (AvgIpc) is 3.15. The number of rotatable bonds is 5. The minimum atomic E-state index is -0.251. The van der Waals surface area contributed by atoms with Gasteiger partial charge >= 0.3 is 0 Å². The molecular formula is C22H23FN4O. The third-order valence-electron chi connectivity index (χ3n) is 5.27. The zero-order valence-corrected chi connectivity index (χ0v) is 15.8. The average molecular weight is 378 g/mol. The number of fused-ring (bicyclic) bond motifs is 1. The molecule has 2 aromatic carbocycles. The number of amides is 1. The molecule has 1 aliphatic heterocycles. The van der Waals surface area contributed by atoms with E-state index in [1.807, 2.05) is 60.1 Å². The molecule has 0 bridgehead atoms. The highest BCUT2D eigenvalue weighted by Crippen LogP contribution is 2.32. The van der Waals surface area contributed by atoms with Crippen LogP contribution in [0.3, 0.4) is 0 Å². The maximum Gasteiger partial charge on any atom is 0.230 e. The first-order chi connectivity index (χ1) is 13.6. The van der Waals surface area contributed by atoms with Crippen LogP contribution in [-0.2, 0) is 11.3 Å². The number of benzene rings is 2. The van der Waals surface area contributed by atoms with Gasteiger partial charge < -0.3 is 5.73 Å². The van der Waals surface area contributed by atoms with Crippen LogP contribution in [0, 0.1) is 5.82 Å². The van der Waals surface area contributed by atoms with Crippen molar-refractivity contribution in [3.63, 3.8) is 0 Å². The molecule has 2 heterocycles. The fourth-order valence-corrected chi connectivity index (χ4v) is 3.68. The van der Waals surface area contributed by atoms with Crippen LogP contribution in [-0.4, -0.2) is 28.8 Å². The number of halogens is 1. The lowest BCUT2D eigenvalue weighted by Crippen LogP contribution is -2.40. The molecule has 0 saturated heterocycles. The van der Waals surface area contributed by atoms with Crippen LogP contribution in [0.2, 0.25) is 0 Å². The van der Waals surface area contributed by atoms with Gasteiger partial charge in [0, 0.05) is 37.1 Å². The van der Waals surface area contributed by atoms with Crippen molar-refractivity contribution in [2.24, 2.45) is 5.73 Å². The Morgan fingerprint density at radius 3 is 2.68 bits per heavy atom. The summed E-state index contributed by atoms with van der Waals surface area (Å²) in [6.07, 6.45) is 0.420. The van der Waals surface area contributed by atoms with E-state index in [-0.39, 0.29) is 17.6 Å². The SMILES string of the molecule is CC(c1ccc(-c2ccccc2)c(F)c1)c1cc2n(n1)CCC(=O)N2CCN. The lowest BCUT2D eigenvalue weighted by atomic mass is 9.95. The Balaban J connectivity index is 1.64. The van der Waals surface area contributed by atoms with E-state index in [0.717, 1.165) is 22.6 Å². The van der Waals surface area contributed by atoms with Crippen LogP contribution in [0.4, 0.5) is 10.2 Å². The van der Waals surface area contributed by atoms with Crippen LogP contribution >= 0.6 is 0 Å². The highest BCUT2D eigenvalue weighted by molar-refractivity contribution is 5.93. The molecule has 5 nitrogen and oxygen atoms in total. The fourth-order valence-electron chi connectivity index (χ4n) is 3.68. The van der Waals surface area contributed by atoms with Crippen molar-refractivity contribution in [3.05, 3.63) is 71.7 Å². The molecule has 28 heavy (non-hydrogen) atoms. The Morgan fingerprint density at radius 1 is 1.18 bits per heavy atom. The number of nitrogens with two attached hydrogens (primary N) is 1. The maximum absolute atomic E-state index is 14.8. The van der Waals surface area contributed by atoms with Crippen LogP contribution < -0.4 is 10.6 Å². The molecule has 4 rings (SSSR count). The number of nitrogens with zero attached hydrogens (tertiary/aromatic N) is 3. The largest absolute Gasteiger partial charge is 0.329 e. The molecule has 0 spiro atoms. The molecule has 6 heteroatoms. The number of aryl methyl sites for hydroxylation is 1. The van der Waals surface area contributed by atoms with Crippen molar-refractivity contribution in [3.8, 4) is 11.1 Å². The Kier molecular flexibility index (Phi) is 4.96. The first-order valence-electron chi connectivity index (χ1n) is 9.51. The van der Waals surface area contributed by atoms with Crippen LogP contribution in [0.15, 0.2) is 54.6 Å². The van der Waals surface area contributed by atoms with Crippen LogP contribution in [0.25, 0.3) is 11.1 Å². The Hall–Kier alpha value is -2.99. The van der Waals surface area contributed by atoms with Gasteiger partial charge in [-0.3, -0.25) is 9.69 Å². The van der Waals surface area contributed by atoms with E-state index in [9.17, 15) is 9.18 Å². The zero-order valence-electron chi connectivity index (χ0n) is 15.8. The summed E-state index contributed by atoms with van der Waals surface area (Å²) in [7, 11) is 0. The highest BCUT2D eigenvalue weighted by Gasteiger charge is 2.27. The van der Waals surface area contributed by atoms with E-state index in [1.54, 1.807) is 11.0 Å². The predicted octanol–water partition coefficient (Wildman–Crippen LogP) is 3.54. The Labute approximate surface area is 163 Å². The quantitative estimate of drug-likeness (QED) is 0.739. The van der Waals surface area contributed by atoms with Gasteiger partial charge in [-0.2, -0.15) is 5.10 Å². The number of aromatic nitrogens is 2. The Morgan fingerprint density at radius 2 is 1.96 bits per heavy atom. The molecule has 2 N–H and O–H groups in total. The molecule has 0 aliphatic carbocycles. The van der Waals surface area contributed by atoms with E-state index < -0.39 is 0 Å². The second kappa shape index (κ2) is 7.56. The zero-order chi connectivity index (χ0) is 19.7. The van der Waals surface area contributed by atoms with Gasteiger partial charge in [0.2, 0.25) is 5.91 Å². The summed E-state index contributed by atoms with van der Waals surface area (Å²) in [6, 6.07) is 16.8. The molecule has 1 amide bonds. The van der Waals surface area contributed by atoms with Gasteiger partial charge in [0.1, 0.15) is 11.6 Å². The van der Waals surface area contributed by atoms with Crippen LogP contribution in [0.1, 0.15) is 30.5 Å². The Bertz CT molecular complexity index is 999. The summed E-state index contributed by atoms with van der Waals surface area (Å²) in [5.41, 5.74) is 8.76. The van der Waals surface area contributed by atoms with Gasteiger partial charge in [-0.1, -0.05) is 49.4 Å². The van der Waals surface area contributed by atoms with E-state index in [2.05, 4.69) is 5.10 Å². The summed E-state index contributed by atoms with van der Waals surface area (Å²) in [4.78, 5) is 13.9. The highest BCUT2D eigenvalue weighted by atomic mass is 19.1. The van der Waals surface area contributed by atoms with Crippen molar-refractivity contribution in [1.82, 2.24) is 9.78 Å². The lowest BCUT2D eigenvalue weighted by molar-refractivity contribution is -0.119. The minimum absolute atomic E-state index is 0.0651. The first kappa shape index (κ1) is 18.4. The topological polar surface area (TPSA) is 64.2 Å². The summed E-state index contributed by atoms with van der Waals surface area (Å²) in [5.74, 6) is 0.493. The normalized spacial score (nSPS) is 14.8. The maximum atomic E-state index is 14.8. The number of hydrogen-bond acceptors (Lipinski definition) is 3. The molecule has 1 atom stereocenters. The predicted molar refractivity (Wildman–Crippen MR) is 108 cm³/mol. The molecule has 1 aromatic heterocycles. The van der Waals surface area contributed by atoms with E-state index >= 15 is 0 Å². The molecule has 3 aromatic rings. The second-order valence-electron chi connectivity index (χ2n) is 7.06. The minimum Gasteiger partial charge on any atom is -0.329 e. The van der Waals surface area contributed by atoms with Gasteiger partial charge in [0.25, 0.3) is 0 Å². The molecule has 1 unspecified atom stereocenters. The molecular weight excluding hydrogens is 355 g/mol. The molecule has 0 radical (unpaired) electrons. The third kappa shape index (κ3) is 3.31. The fraction of sp³-hybridized carbons (Fsp3) is 0.273. The molecule has 0 saturated carbocycles. The molecule has 0 fully saturated rings. The third-order valence-corrected chi connectivity index (χ3v) is 5.27. The smallest absolute Gasteiger partial charge is 0.230 e. The first-order valence-corrected chi connectivity index (χ1v) is 9.51. The summed E-state index contributed by atoms with van der Waals surface area (Å²) in [5, 5.41) is 4.66. The number of hydrogen-bond donors (Lipinski definition) is 1. The van der Waals surface area contributed by atoms with Crippen molar-refractivity contribution < 1.29 is 9.18 Å². The number of carbonyl (C=O) groups excluding carboxylic acids is 1. The van der Waals surface area contributed by atoms with Crippen molar-refractivity contribution in [2.45, 2.75) is 25.8 Å². The van der Waals surface area contributed by atoms with Gasteiger partial charge in [0.05, 0.1) is 12.2 Å². The lowest BCUT2D eigenvalue weighted by Gasteiger charge is -2.26. The summed E-state index contributed by atoms with van der Waals surface area (Å²) in [6.45, 7) is 3.43. The standard InChI is InChI=1S/C22H23FN4O/c1-15(17-7-8-18(19(23)13-17)16-5-3-2-4-6-16)20-14-21-26(12-10-24)22(28)9-11-27(21)25-20/h2-8,13-15H,9-12,24H2,1H3. The number of anilines is 1. The molecule has 144 valence electrons. The second-order valence-corrected chi connectivity index (χ2v) is 7.06. The van der Waals surface area contributed by atoms with Crippen molar-refractivity contribution in [2.75, 3.05) is 18.0 Å². The summed E-state index contributed by atoms with van der Waals surface area (Å²) < 4.78 is 16.6. The van der Waals surface area contributed by atoms with Gasteiger partial charge in [-0.25, -0.2) is 9.07 Å². The van der Waals surface area contributed by atoms with E-state index in [4.69, 9.17) is 5.73 Å². The van der Waals surface area contributed by atoms with E-state index in [0.29, 0.717) is 31.6 Å².